The van der Waals surface area contributed by atoms with E-state index in [1.54, 1.807) is 0 Å². The van der Waals surface area contributed by atoms with Crippen LogP contribution in [-0.2, 0) is 11.3 Å². The molecular weight excluding hydrogens is 238 g/mol. The van der Waals surface area contributed by atoms with Crippen molar-refractivity contribution in [2.75, 3.05) is 6.54 Å². The van der Waals surface area contributed by atoms with E-state index in [1.807, 2.05) is 13.8 Å². The molecule has 3 amide bonds. The van der Waals surface area contributed by atoms with Crippen molar-refractivity contribution in [3.05, 3.63) is 11.9 Å². The van der Waals surface area contributed by atoms with Crippen LogP contribution in [0.4, 0.5) is 4.79 Å². The van der Waals surface area contributed by atoms with Crippen molar-refractivity contribution >= 4 is 18.2 Å². The van der Waals surface area contributed by atoms with Crippen molar-refractivity contribution in [2.45, 2.75) is 20.4 Å². The van der Waals surface area contributed by atoms with Gasteiger partial charge in [0.25, 0.3) is 0 Å². The number of nitrogens with one attached hydrogen (secondary N) is 2. The quantitative estimate of drug-likeness (QED) is 0.693. The number of hydrogen-bond donors (Lipinski definition) is 2. The van der Waals surface area contributed by atoms with E-state index in [0.29, 0.717) is 18.7 Å². The Morgan fingerprint density at radius 1 is 1.50 bits per heavy atom. The van der Waals surface area contributed by atoms with Crippen molar-refractivity contribution in [1.82, 2.24) is 25.6 Å². The Hall–Kier alpha value is -2.25. The maximum atomic E-state index is 11.4. The van der Waals surface area contributed by atoms with Gasteiger partial charge in [-0.1, -0.05) is 19.1 Å². The number of carbonyl (C=O) groups excluding carboxylic acids is 3. The van der Waals surface area contributed by atoms with E-state index < -0.39 is 11.9 Å². The third-order valence-electron chi connectivity index (χ3n) is 1.91. The van der Waals surface area contributed by atoms with Gasteiger partial charge < -0.3 is 5.32 Å². The minimum absolute atomic E-state index is 0.132. The van der Waals surface area contributed by atoms with E-state index in [1.165, 1.54) is 10.9 Å². The molecule has 0 saturated heterocycles. The van der Waals surface area contributed by atoms with Crippen LogP contribution in [0, 0.1) is 5.92 Å². The first-order valence-corrected chi connectivity index (χ1v) is 5.44. The third kappa shape index (κ3) is 4.73. The molecule has 1 heterocycles. The topological polar surface area (TPSA) is 106 Å². The lowest BCUT2D eigenvalue weighted by molar-refractivity contribution is -0.120. The lowest BCUT2D eigenvalue weighted by Gasteiger charge is -2.08. The molecule has 0 aliphatic rings. The van der Waals surface area contributed by atoms with Crippen molar-refractivity contribution in [3.8, 4) is 0 Å². The number of rotatable bonds is 5. The molecule has 0 aliphatic carbocycles. The summed E-state index contributed by atoms with van der Waals surface area (Å²) >= 11 is 0. The van der Waals surface area contributed by atoms with E-state index in [4.69, 9.17) is 0 Å². The van der Waals surface area contributed by atoms with Crippen LogP contribution < -0.4 is 10.6 Å². The molecule has 18 heavy (non-hydrogen) atoms. The Balaban J connectivity index is 2.37. The van der Waals surface area contributed by atoms with Gasteiger partial charge in [-0.2, -0.15) is 0 Å². The number of nitrogens with zero attached hydrogens (tertiary/aromatic N) is 3. The summed E-state index contributed by atoms with van der Waals surface area (Å²) in [6, 6.07) is -0.551. The normalized spacial score (nSPS) is 10.2. The second-order valence-corrected chi connectivity index (χ2v) is 4.11. The van der Waals surface area contributed by atoms with Crippen LogP contribution in [0.5, 0.6) is 0 Å². The number of imide groups is 1. The van der Waals surface area contributed by atoms with E-state index in [-0.39, 0.29) is 12.2 Å². The van der Waals surface area contributed by atoms with Gasteiger partial charge in [0.15, 0.2) is 6.29 Å². The molecule has 8 heteroatoms. The molecule has 0 aliphatic heterocycles. The first-order valence-electron chi connectivity index (χ1n) is 5.44. The minimum atomic E-state index is -0.551. The Bertz CT molecular complexity index is 440. The first-order chi connectivity index (χ1) is 8.51. The van der Waals surface area contributed by atoms with E-state index in [0.717, 1.165) is 0 Å². The van der Waals surface area contributed by atoms with Gasteiger partial charge in [-0.05, 0) is 5.92 Å². The zero-order chi connectivity index (χ0) is 13.5. The molecular formula is C10H15N5O3. The summed E-state index contributed by atoms with van der Waals surface area (Å²) in [4.78, 5) is 33.0. The van der Waals surface area contributed by atoms with Crippen LogP contribution in [0.15, 0.2) is 6.20 Å². The van der Waals surface area contributed by atoms with Crippen LogP contribution in [0.3, 0.4) is 0 Å². The Morgan fingerprint density at radius 3 is 2.78 bits per heavy atom. The van der Waals surface area contributed by atoms with Crippen molar-refractivity contribution < 1.29 is 14.4 Å². The molecule has 2 N–H and O–H groups in total. The molecule has 0 bridgehead atoms. The summed E-state index contributed by atoms with van der Waals surface area (Å²) in [5.74, 6) is -0.227. The lowest BCUT2D eigenvalue weighted by atomic mass is 10.2. The molecule has 1 rings (SSSR count). The highest BCUT2D eigenvalue weighted by Gasteiger charge is 2.09. The smallest absolute Gasteiger partial charge is 0.321 e. The maximum Gasteiger partial charge on any atom is 0.321 e. The number of carbonyl (C=O) groups is 3. The summed E-state index contributed by atoms with van der Waals surface area (Å²) in [5, 5.41) is 11.7. The predicted octanol–water partition coefficient (Wildman–Crippen LogP) is -0.428. The minimum Gasteiger partial charge on any atom is -0.338 e. The van der Waals surface area contributed by atoms with Gasteiger partial charge in [0.1, 0.15) is 12.2 Å². The van der Waals surface area contributed by atoms with Crippen LogP contribution in [0.1, 0.15) is 24.3 Å². The number of aldehydes is 1. The van der Waals surface area contributed by atoms with Gasteiger partial charge in [-0.15, -0.1) is 5.10 Å². The molecule has 98 valence electrons. The molecule has 1 aromatic rings. The van der Waals surface area contributed by atoms with Gasteiger partial charge in [0.2, 0.25) is 5.91 Å². The van der Waals surface area contributed by atoms with Crippen LogP contribution in [-0.4, -0.2) is 39.8 Å². The summed E-state index contributed by atoms with van der Waals surface area (Å²) in [6.45, 7) is 4.20. The largest absolute Gasteiger partial charge is 0.338 e. The molecule has 0 saturated carbocycles. The van der Waals surface area contributed by atoms with E-state index in [9.17, 15) is 14.4 Å². The van der Waals surface area contributed by atoms with Gasteiger partial charge in [-0.25, -0.2) is 9.48 Å². The lowest BCUT2D eigenvalue weighted by Crippen LogP contribution is -2.42. The Kier molecular flexibility index (Phi) is 4.97. The highest BCUT2D eigenvalue weighted by atomic mass is 16.2. The van der Waals surface area contributed by atoms with Crippen LogP contribution in [0.2, 0.25) is 0 Å². The summed E-state index contributed by atoms with van der Waals surface area (Å²) in [5.41, 5.74) is 0.132. The molecule has 1 aromatic heterocycles. The zero-order valence-corrected chi connectivity index (χ0v) is 10.2. The highest BCUT2D eigenvalue weighted by Crippen LogP contribution is 1.89. The second kappa shape index (κ2) is 6.48. The van der Waals surface area contributed by atoms with Crippen molar-refractivity contribution in [1.29, 1.82) is 0 Å². The second-order valence-electron chi connectivity index (χ2n) is 4.11. The number of aromatic nitrogens is 3. The monoisotopic (exact) mass is 253 g/mol. The van der Waals surface area contributed by atoms with Crippen molar-refractivity contribution in [2.24, 2.45) is 5.92 Å². The van der Waals surface area contributed by atoms with Gasteiger partial charge in [0, 0.05) is 6.54 Å². The van der Waals surface area contributed by atoms with Crippen LogP contribution in [0.25, 0.3) is 0 Å². The van der Waals surface area contributed by atoms with Crippen LogP contribution >= 0.6 is 0 Å². The molecule has 0 spiro atoms. The van der Waals surface area contributed by atoms with Gasteiger partial charge in [0.05, 0.1) is 6.20 Å². The number of urea groups is 1. The number of amides is 3. The summed E-state index contributed by atoms with van der Waals surface area (Å²) < 4.78 is 1.18. The average Bonchev–Trinajstić information content (AvgIpc) is 2.73. The maximum absolute atomic E-state index is 11.4. The Labute approximate surface area is 104 Å². The average molecular weight is 253 g/mol. The molecule has 0 aromatic carbocycles. The standard InChI is InChI=1S/C10H15N5O3/c1-7(2)3-11-10(18)12-9(17)5-15-4-8(6-16)13-14-15/h4,6-7H,3,5H2,1-2H3,(H2,11,12,17,18). The zero-order valence-electron chi connectivity index (χ0n) is 10.2. The molecule has 0 atom stereocenters. The highest BCUT2D eigenvalue weighted by molar-refractivity contribution is 5.94. The van der Waals surface area contributed by atoms with E-state index >= 15 is 0 Å². The van der Waals surface area contributed by atoms with Gasteiger partial charge >= 0.3 is 6.03 Å². The number of hydrogen-bond acceptors (Lipinski definition) is 5. The molecule has 0 radical (unpaired) electrons. The predicted molar refractivity (Wildman–Crippen MR) is 61.8 cm³/mol. The first kappa shape index (κ1) is 13.8. The fraction of sp³-hybridized carbons (Fsp3) is 0.500. The summed E-state index contributed by atoms with van der Waals surface area (Å²) in [7, 11) is 0. The van der Waals surface area contributed by atoms with Gasteiger partial charge in [-0.3, -0.25) is 14.9 Å². The van der Waals surface area contributed by atoms with E-state index in [2.05, 4.69) is 20.9 Å². The third-order valence-corrected chi connectivity index (χ3v) is 1.91. The molecule has 8 nitrogen and oxygen atoms in total. The fourth-order valence-corrected chi connectivity index (χ4v) is 1.10. The molecule has 0 unspecified atom stereocenters. The molecule has 0 fully saturated rings. The van der Waals surface area contributed by atoms with Crippen molar-refractivity contribution in [3.63, 3.8) is 0 Å². The SMILES string of the molecule is CC(C)CNC(=O)NC(=O)Cn1cc(C=O)nn1. The fourth-order valence-electron chi connectivity index (χ4n) is 1.10. The summed E-state index contributed by atoms with van der Waals surface area (Å²) in [6.07, 6.45) is 1.84. The Morgan fingerprint density at radius 2 is 2.22 bits per heavy atom.